The molecule has 2 heterocycles. The molecule has 7 nitrogen and oxygen atoms in total. The number of amides is 1. The monoisotopic (exact) mass is 415 g/mol. The summed E-state index contributed by atoms with van der Waals surface area (Å²) in [5.74, 6) is 1.74. The molecule has 1 amide bonds. The van der Waals surface area contributed by atoms with Gasteiger partial charge in [0.25, 0.3) is 0 Å². The predicted molar refractivity (Wildman–Crippen MR) is 117 cm³/mol. The Bertz CT molecular complexity index is 1090. The van der Waals surface area contributed by atoms with Gasteiger partial charge in [-0.2, -0.15) is 4.98 Å². The molecular formula is C24H25N5O2. The molecule has 2 N–H and O–H groups in total. The number of imidazole rings is 1. The van der Waals surface area contributed by atoms with Crippen LogP contribution in [0.25, 0.3) is 11.4 Å². The number of hydrogen-bond donors (Lipinski definition) is 2. The molecule has 1 atom stereocenters. The average molecular weight is 415 g/mol. The predicted octanol–water partition coefficient (Wildman–Crippen LogP) is 4.05. The van der Waals surface area contributed by atoms with Gasteiger partial charge in [-0.1, -0.05) is 66.7 Å². The normalized spacial score (nSPS) is 11.9. The number of nitrogens with one attached hydrogen (secondary N) is 2. The van der Waals surface area contributed by atoms with Gasteiger partial charge < -0.3 is 14.8 Å². The summed E-state index contributed by atoms with van der Waals surface area (Å²) in [6.45, 7) is 2.11. The van der Waals surface area contributed by atoms with Crippen LogP contribution in [-0.4, -0.2) is 26.0 Å². The van der Waals surface area contributed by atoms with Crippen molar-refractivity contribution in [3.05, 3.63) is 89.8 Å². The van der Waals surface area contributed by atoms with Crippen LogP contribution >= 0.6 is 0 Å². The third kappa shape index (κ3) is 5.45. The van der Waals surface area contributed by atoms with Crippen LogP contribution in [0.1, 0.15) is 42.2 Å². The Morgan fingerprint density at radius 2 is 1.94 bits per heavy atom. The van der Waals surface area contributed by atoms with Crippen molar-refractivity contribution in [2.45, 2.75) is 38.6 Å². The lowest BCUT2D eigenvalue weighted by Crippen LogP contribution is -2.30. The second kappa shape index (κ2) is 9.84. The molecular weight excluding hydrogens is 390 g/mol. The van der Waals surface area contributed by atoms with E-state index in [0.717, 1.165) is 23.4 Å². The smallest absolute Gasteiger partial charge is 0.227 e. The second-order valence-electron chi connectivity index (χ2n) is 7.33. The van der Waals surface area contributed by atoms with E-state index in [1.54, 1.807) is 12.4 Å². The molecule has 31 heavy (non-hydrogen) atoms. The Balaban J connectivity index is 1.36. The first-order valence-electron chi connectivity index (χ1n) is 10.5. The fraction of sp³-hybridized carbons (Fsp3) is 0.250. The van der Waals surface area contributed by atoms with E-state index in [1.807, 2.05) is 42.5 Å². The van der Waals surface area contributed by atoms with Gasteiger partial charge in [0.1, 0.15) is 5.82 Å². The number of H-pyrrole nitrogens is 1. The molecule has 0 fully saturated rings. The third-order valence-electron chi connectivity index (χ3n) is 5.14. The lowest BCUT2D eigenvalue weighted by molar-refractivity contribution is -0.121. The van der Waals surface area contributed by atoms with Gasteiger partial charge in [-0.05, 0) is 17.5 Å². The summed E-state index contributed by atoms with van der Waals surface area (Å²) >= 11 is 0. The van der Waals surface area contributed by atoms with Crippen LogP contribution in [-0.2, 0) is 24.1 Å². The Hall–Kier alpha value is -3.74. The van der Waals surface area contributed by atoms with Crippen molar-refractivity contribution in [1.82, 2.24) is 25.4 Å². The van der Waals surface area contributed by atoms with Crippen molar-refractivity contribution in [1.29, 1.82) is 0 Å². The van der Waals surface area contributed by atoms with E-state index in [-0.39, 0.29) is 18.4 Å². The van der Waals surface area contributed by atoms with Gasteiger partial charge in [0.2, 0.25) is 17.6 Å². The fourth-order valence-electron chi connectivity index (χ4n) is 3.39. The number of benzene rings is 2. The first-order valence-corrected chi connectivity index (χ1v) is 10.5. The van der Waals surface area contributed by atoms with E-state index in [2.05, 4.69) is 44.5 Å². The molecule has 0 saturated heterocycles. The van der Waals surface area contributed by atoms with E-state index in [4.69, 9.17) is 4.52 Å². The van der Waals surface area contributed by atoms with Gasteiger partial charge in [0.15, 0.2) is 0 Å². The van der Waals surface area contributed by atoms with Crippen LogP contribution < -0.4 is 5.32 Å². The van der Waals surface area contributed by atoms with Crippen molar-refractivity contribution >= 4 is 5.91 Å². The van der Waals surface area contributed by atoms with Gasteiger partial charge in [-0.3, -0.25) is 4.79 Å². The van der Waals surface area contributed by atoms with Crippen LogP contribution in [0.4, 0.5) is 0 Å². The quantitative estimate of drug-likeness (QED) is 0.430. The molecule has 4 rings (SSSR count). The zero-order valence-corrected chi connectivity index (χ0v) is 17.4. The van der Waals surface area contributed by atoms with Gasteiger partial charge in [-0.25, -0.2) is 4.98 Å². The number of carbonyl (C=O) groups is 1. The zero-order valence-electron chi connectivity index (χ0n) is 17.4. The maximum Gasteiger partial charge on any atom is 0.227 e. The maximum absolute atomic E-state index is 12.6. The standard InChI is InChI=1S/C24H25N5O2/c1-2-17-8-10-19(11-9-17)24-28-23(31-29-24)13-12-22(30)27-20(16-21-25-14-15-26-21)18-6-4-3-5-7-18/h3-11,14-15,20H,2,12-13,16H2,1H3,(H,25,26)(H,27,30). The van der Waals surface area contributed by atoms with Crippen LogP contribution in [0.15, 0.2) is 71.5 Å². The van der Waals surface area contributed by atoms with Crippen LogP contribution in [0, 0.1) is 0 Å². The molecule has 1 unspecified atom stereocenters. The molecule has 0 aliphatic rings. The highest BCUT2D eigenvalue weighted by molar-refractivity contribution is 5.76. The van der Waals surface area contributed by atoms with Crippen LogP contribution in [0.3, 0.4) is 0 Å². The summed E-state index contributed by atoms with van der Waals surface area (Å²) in [4.78, 5) is 24.5. The minimum absolute atomic E-state index is 0.0764. The molecule has 0 aliphatic heterocycles. The molecule has 4 aromatic rings. The number of carbonyl (C=O) groups excluding carboxylic acids is 1. The lowest BCUT2D eigenvalue weighted by atomic mass is 10.0. The highest BCUT2D eigenvalue weighted by atomic mass is 16.5. The number of aryl methyl sites for hydroxylation is 2. The summed E-state index contributed by atoms with van der Waals surface area (Å²) in [6.07, 6.45) is 5.70. The molecule has 0 saturated carbocycles. The van der Waals surface area contributed by atoms with E-state index < -0.39 is 0 Å². The number of hydrogen-bond acceptors (Lipinski definition) is 5. The van der Waals surface area contributed by atoms with Gasteiger partial charge in [-0.15, -0.1) is 0 Å². The summed E-state index contributed by atoms with van der Waals surface area (Å²) in [5.41, 5.74) is 3.19. The molecule has 2 aromatic carbocycles. The molecule has 0 aliphatic carbocycles. The number of rotatable bonds is 9. The average Bonchev–Trinajstić information content (AvgIpc) is 3.50. The van der Waals surface area contributed by atoms with Crippen molar-refractivity contribution < 1.29 is 9.32 Å². The summed E-state index contributed by atoms with van der Waals surface area (Å²) in [6, 6.07) is 17.8. The van der Waals surface area contributed by atoms with E-state index in [0.29, 0.717) is 24.6 Å². The summed E-state index contributed by atoms with van der Waals surface area (Å²) in [5, 5.41) is 7.15. The minimum Gasteiger partial charge on any atom is -0.349 e. The summed E-state index contributed by atoms with van der Waals surface area (Å²) in [7, 11) is 0. The van der Waals surface area contributed by atoms with Crippen molar-refractivity contribution in [3.63, 3.8) is 0 Å². The van der Waals surface area contributed by atoms with Gasteiger partial charge in [0.05, 0.1) is 6.04 Å². The highest BCUT2D eigenvalue weighted by Crippen LogP contribution is 2.19. The van der Waals surface area contributed by atoms with E-state index in [9.17, 15) is 4.79 Å². The van der Waals surface area contributed by atoms with E-state index in [1.165, 1.54) is 5.56 Å². The number of aromatic nitrogens is 4. The molecule has 7 heteroatoms. The molecule has 0 spiro atoms. The Labute approximate surface area is 180 Å². The second-order valence-corrected chi connectivity index (χ2v) is 7.33. The fourth-order valence-corrected chi connectivity index (χ4v) is 3.39. The van der Waals surface area contributed by atoms with Crippen molar-refractivity contribution in [2.75, 3.05) is 0 Å². The first-order chi connectivity index (χ1) is 15.2. The molecule has 0 radical (unpaired) electrons. The van der Waals surface area contributed by atoms with Crippen LogP contribution in [0.5, 0.6) is 0 Å². The Kier molecular flexibility index (Phi) is 6.52. The molecule has 2 aromatic heterocycles. The largest absolute Gasteiger partial charge is 0.349 e. The third-order valence-corrected chi connectivity index (χ3v) is 5.14. The van der Waals surface area contributed by atoms with E-state index >= 15 is 0 Å². The minimum atomic E-state index is -0.171. The Morgan fingerprint density at radius 1 is 1.13 bits per heavy atom. The Morgan fingerprint density at radius 3 is 2.65 bits per heavy atom. The number of aromatic amines is 1. The molecule has 0 bridgehead atoms. The van der Waals surface area contributed by atoms with Gasteiger partial charge in [0, 0.05) is 37.2 Å². The lowest BCUT2D eigenvalue weighted by Gasteiger charge is -2.18. The summed E-state index contributed by atoms with van der Waals surface area (Å²) < 4.78 is 5.34. The van der Waals surface area contributed by atoms with Crippen molar-refractivity contribution in [3.8, 4) is 11.4 Å². The topological polar surface area (TPSA) is 96.7 Å². The number of nitrogens with zero attached hydrogens (tertiary/aromatic N) is 3. The van der Waals surface area contributed by atoms with Gasteiger partial charge >= 0.3 is 0 Å². The highest BCUT2D eigenvalue weighted by Gasteiger charge is 2.17. The maximum atomic E-state index is 12.6. The van der Waals surface area contributed by atoms with Crippen LogP contribution in [0.2, 0.25) is 0 Å². The zero-order chi connectivity index (χ0) is 21.5. The molecule has 158 valence electrons. The van der Waals surface area contributed by atoms with Crippen molar-refractivity contribution in [2.24, 2.45) is 0 Å². The SMILES string of the molecule is CCc1ccc(-c2noc(CCC(=O)NC(Cc3ncc[nH]3)c3ccccc3)n2)cc1. The first kappa shape index (κ1) is 20.5.